The average molecular weight is 490 g/mol. The lowest BCUT2D eigenvalue weighted by molar-refractivity contribution is -0.148. The molecule has 35 heavy (non-hydrogen) atoms. The van der Waals surface area contributed by atoms with Crippen molar-refractivity contribution in [2.45, 2.75) is 69.4 Å². The molecular weight excluding hydrogens is 458 g/mol. The van der Waals surface area contributed by atoms with E-state index in [0.29, 0.717) is 12.0 Å². The zero-order valence-electron chi connectivity index (χ0n) is 20.3. The molecule has 2 heterocycles. The van der Waals surface area contributed by atoms with Gasteiger partial charge in [0.15, 0.2) is 11.6 Å². The lowest BCUT2D eigenvalue weighted by Crippen LogP contribution is -2.51. The Morgan fingerprint density at radius 2 is 1.74 bits per heavy atom. The second kappa shape index (κ2) is 9.44. The summed E-state index contributed by atoms with van der Waals surface area (Å²) in [5.74, 6) is -2.23. The van der Waals surface area contributed by atoms with Gasteiger partial charge in [0, 0.05) is 22.8 Å². The van der Waals surface area contributed by atoms with Crippen LogP contribution >= 0.6 is 0 Å². The fourth-order valence-corrected chi connectivity index (χ4v) is 5.34. The molecule has 4 rings (SSSR count). The Balaban J connectivity index is 1.81. The van der Waals surface area contributed by atoms with Crippen LogP contribution in [-0.2, 0) is 19.0 Å². The fourth-order valence-electron chi connectivity index (χ4n) is 5.34. The number of phenols is 1. The van der Waals surface area contributed by atoms with Gasteiger partial charge in [-0.05, 0) is 46.0 Å². The largest absolute Gasteiger partial charge is 0.507 e. The molecule has 1 aromatic carbocycles. The number of aromatic hydroxyl groups is 1. The molecule has 1 aromatic rings. The average Bonchev–Trinajstić information content (AvgIpc) is 2.80. The lowest BCUT2D eigenvalue weighted by Gasteiger charge is -2.42. The first-order chi connectivity index (χ1) is 16.5. The van der Waals surface area contributed by atoms with E-state index in [9.17, 15) is 29.7 Å². The molecule has 2 unspecified atom stereocenters. The molecule has 0 radical (unpaired) electrons. The number of carbonyl (C=O) groups excluding carboxylic acids is 3. The number of nitrogens with zero attached hydrogens (tertiary/aromatic N) is 1. The number of Topliss-reactive ketones (excluding diaryl/α,β-unsaturated/α-hetero) is 2. The van der Waals surface area contributed by atoms with E-state index in [0.717, 1.165) is 0 Å². The number of rotatable bonds is 4. The molecule has 3 N–H and O–H groups in total. The van der Waals surface area contributed by atoms with Gasteiger partial charge in [-0.1, -0.05) is 6.07 Å². The van der Waals surface area contributed by atoms with E-state index in [1.165, 1.54) is 19.2 Å². The summed E-state index contributed by atoms with van der Waals surface area (Å²) in [5.41, 5.74) is 0.0104. The van der Waals surface area contributed by atoms with Crippen LogP contribution in [0.3, 0.4) is 0 Å². The summed E-state index contributed by atoms with van der Waals surface area (Å²) in [7, 11) is 4.87. The number of hydrogen-bond acceptors (Lipinski definition) is 10. The maximum Gasteiger partial charge on any atom is 0.308 e. The minimum atomic E-state index is -1.54. The predicted molar refractivity (Wildman–Crippen MR) is 122 cm³/mol. The van der Waals surface area contributed by atoms with E-state index >= 15 is 0 Å². The molecule has 0 bridgehead atoms. The molecule has 1 aliphatic carbocycles. The standard InChI is InChI=1S/C25H31NO9/c1-10-18-21(23(30)16(34-10)9-17(28)33-5)25(32)19-12(6-7-14(27)20(19)24(18)31)15-8-13(26(3)4)22(29)11(2)35-15/h6-7,10-11,13,15-16,22-23,27,29-30H,8-9H2,1-5H3/t10-,11-,13-,15?,16-,22?,23+/m1/s1. The molecule has 1 saturated heterocycles. The van der Waals surface area contributed by atoms with E-state index < -0.39 is 54.2 Å². The SMILES string of the molecule is COC(=O)C[C@H]1O[C@H](C)C2=C(C(=O)c3c(C4C[C@@H](N(C)C)C(O)[C@@H](C)O4)ccc(O)c3C2=O)[C@H]1O. The third kappa shape index (κ3) is 4.19. The highest BCUT2D eigenvalue weighted by Crippen LogP contribution is 2.44. The normalized spacial score (nSPS) is 33.0. The van der Waals surface area contributed by atoms with E-state index in [1.807, 2.05) is 19.0 Å². The van der Waals surface area contributed by atoms with E-state index in [4.69, 9.17) is 9.47 Å². The first kappa shape index (κ1) is 25.5. The summed E-state index contributed by atoms with van der Waals surface area (Å²) in [6.45, 7) is 3.28. The Hall–Kier alpha value is -2.63. The smallest absolute Gasteiger partial charge is 0.308 e. The number of phenolic OH excluding ortho intramolecular Hbond substituents is 1. The molecular formula is C25H31NO9. The quantitative estimate of drug-likeness (QED) is 0.523. The minimum Gasteiger partial charge on any atom is -0.507 e. The first-order valence-electron chi connectivity index (χ1n) is 11.6. The summed E-state index contributed by atoms with van der Waals surface area (Å²) in [6, 6.07) is 2.61. The van der Waals surface area contributed by atoms with E-state index in [-0.39, 0.29) is 40.5 Å². The van der Waals surface area contributed by atoms with Gasteiger partial charge in [-0.3, -0.25) is 14.4 Å². The number of likely N-dealkylation sites (N-methyl/N-ethyl adjacent to an activating group) is 1. The number of ketones is 2. The van der Waals surface area contributed by atoms with Crippen LogP contribution in [-0.4, -0.2) is 95.5 Å². The van der Waals surface area contributed by atoms with Crippen LogP contribution in [0.5, 0.6) is 5.75 Å². The van der Waals surface area contributed by atoms with Gasteiger partial charge < -0.3 is 34.4 Å². The second-order valence-corrected chi connectivity index (χ2v) is 9.54. The van der Waals surface area contributed by atoms with Crippen LogP contribution in [0.2, 0.25) is 0 Å². The van der Waals surface area contributed by atoms with Gasteiger partial charge in [-0.25, -0.2) is 0 Å². The number of methoxy groups -OCH3 is 1. The van der Waals surface area contributed by atoms with Gasteiger partial charge in [0.1, 0.15) is 11.9 Å². The molecule has 2 aliphatic heterocycles. The van der Waals surface area contributed by atoms with E-state index in [2.05, 4.69) is 4.74 Å². The molecule has 0 amide bonds. The molecule has 0 saturated carbocycles. The van der Waals surface area contributed by atoms with Gasteiger partial charge in [-0.15, -0.1) is 0 Å². The number of aliphatic hydroxyl groups excluding tert-OH is 2. The molecule has 10 heteroatoms. The van der Waals surface area contributed by atoms with Crippen LogP contribution in [0.25, 0.3) is 0 Å². The number of aliphatic hydroxyl groups is 2. The molecule has 7 atom stereocenters. The molecule has 10 nitrogen and oxygen atoms in total. The highest BCUT2D eigenvalue weighted by molar-refractivity contribution is 6.29. The molecule has 1 fully saturated rings. The van der Waals surface area contributed by atoms with Gasteiger partial charge in [0.05, 0.1) is 49.6 Å². The number of esters is 1. The summed E-state index contributed by atoms with van der Waals surface area (Å²) in [5, 5.41) is 32.2. The molecule has 3 aliphatic rings. The van der Waals surface area contributed by atoms with Crippen LogP contribution in [0.1, 0.15) is 59.1 Å². The Bertz CT molecular complexity index is 1090. The van der Waals surface area contributed by atoms with Crippen molar-refractivity contribution in [1.82, 2.24) is 4.90 Å². The predicted octanol–water partition coefficient (Wildman–Crippen LogP) is 0.920. The highest BCUT2D eigenvalue weighted by atomic mass is 16.5. The van der Waals surface area contributed by atoms with Crippen LogP contribution in [0.15, 0.2) is 23.3 Å². The number of hydrogen-bond donors (Lipinski definition) is 3. The monoisotopic (exact) mass is 489 g/mol. The third-order valence-electron chi connectivity index (χ3n) is 7.20. The summed E-state index contributed by atoms with van der Waals surface area (Å²) in [4.78, 5) is 41.1. The Morgan fingerprint density at radius 3 is 2.37 bits per heavy atom. The molecule has 0 spiro atoms. The topological polar surface area (TPSA) is 143 Å². The van der Waals surface area contributed by atoms with E-state index in [1.54, 1.807) is 13.8 Å². The third-order valence-corrected chi connectivity index (χ3v) is 7.20. The van der Waals surface area contributed by atoms with Crippen LogP contribution in [0, 0.1) is 0 Å². The Labute approximate surface area is 203 Å². The minimum absolute atomic E-state index is 0.0372. The fraction of sp³-hybridized carbons (Fsp3) is 0.560. The summed E-state index contributed by atoms with van der Waals surface area (Å²) in [6.07, 6.45) is -5.41. The maximum atomic E-state index is 13.9. The van der Waals surface area contributed by atoms with Crippen molar-refractivity contribution >= 4 is 17.5 Å². The maximum absolute atomic E-state index is 13.9. The van der Waals surface area contributed by atoms with Gasteiger partial charge >= 0.3 is 5.97 Å². The number of carbonyl (C=O) groups is 3. The van der Waals surface area contributed by atoms with Crippen molar-refractivity contribution in [2.75, 3.05) is 21.2 Å². The van der Waals surface area contributed by atoms with Crippen molar-refractivity contribution in [2.24, 2.45) is 0 Å². The zero-order chi connectivity index (χ0) is 25.8. The van der Waals surface area contributed by atoms with Crippen LogP contribution in [0.4, 0.5) is 0 Å². The summed E-state index contributed by atoms with van der Waals surface area (Å²) < 4.78 is 16.4. The molecule has 0 aromatic heterocycles. The molecule has 190 valence electrons. The highest BCUT2D eigenvalue weighted by Gasteiger charge is 2.48. The number of ether oxygens (including phenoxy) is 3. The zero-order valence-corrected chi connectivity index (χ0v) is 20.3. The van der Waals surface area contributed by atoms with Crippen molar-refractivity contribution in [1.29, 1.82) is 0 Å². The van der Waals surface area contributed by atoms with Crippen molar-refractivity contribution in [3.8, 4) is 5.75 Å². The summed E-state index contributed by atoms with van der Waals surface area (Å²) >= 11 is 0. The Kier molecular flexibility index (Phi) is 6.87. The van der Waals surface area contributed by atoms with Crippen LogP contribution < -0.4 is 0 Å². The van der Waals surface area contributed by atoms with Gasteiger partial charge in [-0.2, -0.15) is 0 Å². The number of fused-ring (bicyclic) bond motifs is 1. The van der Waals surface area contributed by atoms with Gasteiger partial charge in [0.2, 0.25) is 0 Å². The first-order valence-corrected chi connectivity index (χ1v) is 11.6. The van der Waals surface area contributed by atoms with Gasteiger partial charge in [0.25, 0.3) is 0 Å². The van der Waals surface area contributed by atoms with Crippen molar-refractivity contribution in [3.63, 3.8) is 0 Å². The Morgan fingerprint density at radius 1 is 1.09 bits per heavy atom. The lowest BCUT2D eigenvalue weighted by atomic mass is 9.74. The van der Waals surface area contributed by atoms with Crippen molar-refractivity contribution < 1.29 is 43.9 Å². The number of benzene rings is 1. The second-order valence-electron chi connectivity index (χ2n) is 9.54. The van der Waals surface area contributed by atoms with Crippen molar-refractivity contribution in [3.05, 3.63) is 40.0 Å².